The second kappa shape index (κ2) is 7.75. The summed E-state index contributed by atoms with van der Waals surface area (Å²) in [7, 11) is 3.22. The van der Waals surface area contributed by atoms with Gasteiger partial charge in [0.25, 0.3) is 0 Å². The molecule has 0 aliphatic carbocycles. The number of benzene rings is 2. The standard InChI is InChI=1S/C20H18N6O2/c1-27-16-8-9-18(28-2)14(10-16)11-23-25-19-17-12-24-26(20(17)22-13-21-19)15-6-4-3-5-7-15/h3-13H,1-2H3,(H,21,22,25)/b23-11-. The van der Waals surface area contributed by atoms with E-state index < -0.39 is 0 Å². The molecule has 0 saturated carbocycles. The molecule has 0 atom stereocenters. The molecule has 0 fully saturated rings. The summed E-state index contributed by atoms with van der Waals surface area (Å²) in [6.07, 6.45) is 4.84. The van der Waals surface area contributed by atoms with Gasteiger partial charge >= 0.3 is 0 Å². The number of aromatic nitrogens is 4. The van der Waals surface area contributed by atoms with Crippen LogP contribution in [0.4, 0.5) is 5.82 Å². The SMILES string of the molecule is COc1ccc(OC)c(/C=N\Nc2ncnc3c2cnn3-c2ccccc2)c1. The third-order valence-electron chi connectivity index (χ3n) is 4.18. The second-order valence-electron chi connectivity index (χ2n) is 5.83. The van der Waals surface area contributed by atoms with Gasteiger partial charge in [0.05, 0.1) is 37.7 Å². The van der Waals surface area contributed by atoms with E-state index in [-0.39, 0.29) is 0 Å². The van der Waals surface area contributed by atoms with Crippen molar-refractivity contribution < 1.29 is 9.47 Å². The molecule has 28 heavy (non-hydrogen) atoms. The second-order valence-corrected chi connectivity index (χ2v) is 5.83. The van der Waals surface area contributed by atoms with Gasteiger partial charge in [0, 0.05) is 5.56 Å². The maximum absolute atomic E-state index is 5.36. The molecule has 4 aromatic rings. The number of ether oxygens (including phenoxy) is 2. The van der Waals surface area contributed by atoms with Gasteiger partial charge in [-0.05, 0) is 30.3 Å². The number of hydrogen-bond donors (Lipinski definition) is 1. The molecule has 8 nitrogen and oxygen atoms in total. The van der Waals surface area contributed by atoms with Gasteiger partial charge in [0.1, 0.15) is 17.8 Å². The Morgan fingerprint density at radius 3 is 2.68 bits per heavy atom. The molecule has 1 N–H and O–H groups in total. The van der Waals surface area contributed by atoms with E-state index in [2.05, 4.69) is 25.6 Å². The summed E-state index contributed by atoms with van der Waals surface area (Å²) in [5, 5.41) is 9.48. The van der Waals surface area contributed by atoms with Crippen molar-refractivity contribution in [3.05, 3.63) is 66.6 Å². The summed E-state index contributed by atoms with van der Waals surface area (Å²) in [6.45, 7) is 0. The van der Waals surface area contributed by atoms with Crippen molar-refractivity contribution in [2.24, 2.45) is 5.10 Å². The molecule has 0 saturated heterocycles. The molecule has 0 aliphatic rings. The number of methoxy groups -OCH3 is 2. The van der Waals surface area contributed by atoms with Crippen LogP contribution in [0, 0.1) is 0 Å². The number of anilines is 1. The zero-order chi connectivity index (χ0) is 19.3. The van der Waals surface area contributed by atoms with Crippen molar-refractivity contribution in [3.63, 3.8) is 0 Å². The number of nitrogens with one attached hydrogen (secondary N) is 1. The van der Waals surface area contributed by atoms with E-state index in [9.17, 15) is 0 Å². The van der Waals surface area contributed by atoms with E-state index in [1.807, 2.05) is 48.5 Å². The summed E-state index contributed by atoms with van der Waals surface area (Å²) < 4.78 is 12.4. The molecule has 0 radical (unpaired) electrons. The maximum atomic E-state index is 5.36. The van der Waals surface area contributed by atoms with Gasteiger partial charge in [0.15, 0.2) is 11.5 Å². The van der Waals surface area contributed by atoms with Crippen molar-refractivity contribution >= 4 is 23.1 Å². The fraction of sp³-hybridized carbons (Fsp3) is 0.100. The van der Waals surface area contributed by atoms with Gasteiger partial charge < -0.3 is 9.47 Å². The van der Waals surface area contributed by atoms with Crippen LogP contribution in [0.15, 0.2) is 66.2 Å². The highest BCUT2D eigenvalue weighted by atomic mass is 16.5. The lowest BCUT2D eigenvalue weighted by molar-refractivity contribution is 0.402. The van der Waals surface area contributed by atoms with E-state index >= 15 is 0 Å². The third kappa shape index (κ3) is 3.35. The number of hydrogen-bond acceptors (Lipinski definition) is 7. The van der Waals surface area contributed by atoms with Gasteiger partial charge in [-0.3, -0.25) is 5.43 Å². The minimum absolute atomic E-state index is 0.560. The van der Waals surface area contributed by atoms with Gasteiger partial charge in [0.2, 0.25) is 0 Å². The predicted molar refractivity (Wildman–Crippen MR) is 107 cm³/mol. The zero-order valence-corrected chi connectivity index (χ0v) is 15.4. The lowest BCUT2D eigenvalue weighted by Gasteiger charge is -2.07. The van der Waals surface area contributed by atoms with E-state index in [0.717, 1.165) is 22.4 Å². The molecule has 0 spiro atoms. The summed E-state index contributed by atoms with van der Waals surface area (Å²) in [5.74, 6) is 1.97. The van der Waals surface area contributed by atoms with E-state index in [4.69, 9.17) is 9.47 Å². The first-order valence-electron chi connectivity index (χ1n) is 8.55. The Morgan fingerprint density at radius 2 is 1.89 bits per heavy atom. The Bertz CT molecular complexity index is 1120. The average molecular weight is 374 g/mol. The van der Waals surface area contributed by atoms with E-state index in [1.54, 1.807) is 31.3 Å². The number of para-hydroxylation sites is 1. The first-order valence-corrected chi connectivity index (χ1v) is 8.55. The minimum Gasteiger partial charge on any atom is -0.497 e. The summed E-state index contributed by atoms with van der Waals surface area (Å²) in [6, 6.07) is 15.3. The molecule has 140 valence electrons. The Balaban J connectivity index is 1.63. The van der Waals surface area contributed by atoms with Crippen molar-refractivity contribution in [2.75, 3.05) is 19.6 Å². The molecule has 0 amide bonds. The van der Waals surface area contributed by atoms with Crippen molar-refractivity contribution in [3.8, 4) is 17.2 Å². The van der Waals surface area contributed by atoms with Crippen molar-refractivity contribution in [1.29, 1.82) is 0 Å². The fourth-order valence-corrected chi connectivity index (χ4v) is 2.79. The van der Waals surface area contributed by atoms with Gasteiger partial charge in [-0.2, -0.15) is 10.2 Å². The number of hydrazone groups is 1. The number of rotatable bonds is 6. The van der Waals surface area contributed by atoms with Gasteiger partial charge in [-0.15, -0.1) is 0 Å². The predicted octanol–water partition coefficient (Wildman–Crippen LogP) is 3.28. The number of nitrogens with zero attached hydrogens (tertiary/aromatic N) is 5. The molecule has 0 unspecified atom stereocenters. The molecule has 0 aliphatic heterocycles. The van der Waals surface area contributed by atoms with Crippen molar-refractivity contribution in [2.45, 2.75) is 0 Å². The van der Waals surface area contributed by atoms with Crippen LogP contribution in [0.5, 0.6) is 11.5 Å². The topological polar surface area (TPSA) is 86.4 Å². The van der Waals surface area contributed by atoms with Crippen LogP contribution < -0.4 is 14.9 Å². The average Bonchev–Trinajstić information content (AvgIpc) is 3.19. The van der Waals surface area contributed by atoms with Crippen LogP contribution in [0.25, 0.3) is 16.7 Å². The minimum atomic E-state index is 0.560. The smallest absolute Gasteiger partial charge is 0.168 e. The largest absolute Gasteiger partial charge is 0.497 e. The first kappa shape index (κ1) is 17.5. The monoisotopic (exact) mass is 374 g/mol. The van der Waals surface area contributed by atoms with Crippen LogP contribution in [0.2, 0.25) is 0 Å². The molecular formula is C20H18N6O2. The molecule has 2 aromatic heterocycles. The van der Waals surface area contributed by atoms with Crippen LogP contribution in [0.1, 0.15) is 5.56 Å². The molecular weight excluding hydrogens is 356 g/mol. The molecule has 2 heterocycles. The summed E-state index contributed by atoms with van der Waals surface area (Å²) in [4.78, 5) is 8.63. The Labute approximate surface area is 161 Å². The zero-order valence-electron chi connectivity index (χ0n) is 15.4. The Hall–Kier alpha value is -3.94. The van der Waals surface area contributed by atoms with Gasteiger partial charge in [-0.25, -0.2) is 14.6 Å². The highest BCUT2D eigenvalue weighted by Gasteiger charge is 2.10. The van der Waals surface area contributed by atoms with Crippen LogP contribution in [0.3, 0.4) is 0 Å². The van der Waals surface area contributed by atoms with Crippen LogP contribution >= 0.6 is 0 Å². The summed E-state index contributed by atoms with van der Waals surface area (Å²) in [5.41, 5.74) is 5.35. The highest BCUT2D eigenvalue weighted by molar-refractivity contribution is 5.89. The van der Waals surface area contributed by atoms with Crippen LogP contribution in [-0.4, -0.2) is 40.2 Å². The molecule has 0 bridgehead atoms. The van der Waals surface area contributed by atoms with Crippen molar-refractivity contribution in [1.82, 2.24) is 19.7 Å². The summed E-state index contributed by atoms with van der Waals surface area (Å²) >= 11 is 0. The van der Waals surface area contributed by atoms with Gasteiger partial charge in [-0.1, -0.05) is 18.2 Å². The lowest BCUT2D eigenvalue weighted by atomic mass is 10.2. The fourth-order valence-electron chi connectivity index (χ4n) is 2.79. The number of fused-ring (bicyclic) bond motifs is 1. The lowest BCUT2D eigenvalue weighted by Crippen LogP contribution is -1.99. The quantitative estimate of drug-likeness (QED) is 0.412. The Morgan fingerprint density at radius 1 is 1.04 bits per heavy atom. The Kier molecular flexibility index (Phi) is 4.83. The third-order valence-corrected chi connectivity index (χ3v) is 4.18. The molecule has 4 rings (SSSR count). The molecule has 2 aromatic carbocycles. The normalized spacial score (nSPS) is 11.1. The first-order chi connectivity index (χ1) is 13.8. The van der Waals surface area contributed by atoms with E-state index in [1.165, 1.54) is 6.33 Å². The maximum Gasteiger partial charge on any atom is 0.168 e. The van der Waals surface area contributed by atoms with Crippen LogP contribution in [-0.2, 0) is 0 Å². The highest BCUT2D eigenvalue weighted by Crippen LogP contribution is 2.23. The van der Waals surface area contributed by atoms with E-state index in [0.29, 0.717) is 17.2 Å². The molecule has 8 heteroatoms.